The maximum absolute atomic E-state index is 11.3. The van der Waals surface area contributed by atoms with Crippen molar-refractivity contribution < 1.29 is 15.0 Å². The van der Waals surface area contributed by atoms with Crippen molar-refractivity contribution in [3.05, 3.63) is 22.7 Å². The summed E-state index contributed by atoms with van der Waals surface area (Å²) in [4.78, 5) is 13.1. The molecule has 0 aliphatic carbocycles. The molecule has 18 heavy (non-hydrogen) atoms. The van der Waals surface area contributed by atoms with Crippen molar-refractivity contribution >= 4 is 28.9 Å². The van der Waals surface area contributed by atoms with Gasteiger partial charge in [0.2, 0.25) is 0 Å². The maximum Gasteiger partial charge on any atom is 0.337 e. The normalized spacial score (nSPS) is 19.2. The van der Waals surface area contributed by atoms with Crippen LogP contribution in [0.25, 0.3) is 0 Å². The van der Waals surface area contributed by atoms with Gasteiger partial charge in [0, 0.05) is 12.2 Å². The second-order valence-corrected chi connectivity index (χ2v) is 4.78. The first-order valence-corrected chi connectivity index (χ1v) is 6.12. The molecule has 0 bridgehead atoms. The number of nitrogen functional groups attached to an aromatic ring is 1. The Balaban J connectivity index is 2.52. The fourth-order valence-corrected chi connectivity index (χ4v) is 2.73. The molecule has 5 nitrogen and oxygen atoms in total. The van der Waals surface area contributed by atoms with E-state index >= 15 is 0 Å². The molecule has 1 atom stereocenters. The Kier molecular flexibility index (Phi) is 3.63. The van der Waals surface area contributed by atoms with E-state index < -0.39 is 5.97 Å². The van der Waals surface area contributed by atoms with E-state index in [9.17, 15) is 15.0 Å². The van der Waals surface area contributed by atoms with Gasteiger partial charge in [0.15, 0.2) is 0 Å². The first-order chi connectivity index (χ1) is 8.54. The van der Waals surface area contributed by atoms with E-state index in [2.05, 4.69) is 0 Å². The van der Waals surface area contributed by atoms with Gasteiger partial charge in [-0.25, -0.2) is 4.79 Å². The average Bonchev–Trinajstić information content (AvgIpc) is 2.75. The number of nitrogens with zero attached hydrogens (tertiary/aromatic N) is 1. The van der Waals surface area contributed by atoms with E-state index in [1.165, 1.54) is 12.1 Å². The number of anilines is 2. The zero-order valence-electron chi connectivity index (χ0n) is 9.77. The van der Waals surface area contributed by atoms with E-state index in [4.69, 9.17) is 17.3 Å². The number of benzene rings is 1. The molecule has 0 spiro atoms. The highest BCUT2D eigenvalue weighted by atomic mass is 35.5. The van der Waals surface area contributed by atoms with Crippen LogP contribution in [0.1, 0.15) is 23.2 Å². The largest absolute Gasteiger partial charge is 0.478 e. The van der Waals surface area contributed by atoms with Crippen molar-refractivity contribution in [3.63, 3.8) is 0 Å². The highest BCUT2D eigenvalue weighted by molar-refractivity contribution is 6.34. The van der Waals surface area contributed by atoms with Crippen LogP contribution in [0.2, 0.25) is 5.02 Å². The number of hydrogen-bond donors (Lipinski definition) is 3. The lowest BCUT2D eigenvalue weighted by molar-refractivity contribution is 0.0697. The van der Waals surface area contributed by atoms with Gasteiger partial charge < -0.3 is 20.8 Å². The van der Waals surface area contributed by atoms with Gasteiger partial charge in [-0.15, -0.1) is 0 Å². The van der Waals surface area contributed by atoms with Gasteiger partial charge >= 0.3 is 5.97 Å². The molecule has 1 aromatic rings. The van der Waals surface area contributed by atoms with Gasteiger partial charge in [-0.1, -0.05) is 11.6 Å². The average molecular weight is 271 g/mol. The fourth-order valence-electron chi connectivity index (χ4n) is 2.39. The summed E-state index contributed by atoms with van der Waals surface area (Å²) in [6.07, 6.45) is 1.74. The lowest BCUT2D eigenvalue weighted by atomic mass is 10.1. The van der Waals surface area contributed by atoms with Gasteiger partial charge in [0.05, 0.1) is 28.9 Å². The van der Waals surface area contributed by atoms with Crippen molar-refractivity contribution in [2.45, 2.75) is 18.9 Å². The Morgan fingerprint density at radius 2 is 2.28 bits per heavy atom. The predicted molar refractivity (Wildman–Crippen MR) is 70.3 cm³/mol. The number of aliphatic hydroxyl groups excluding tert-OH is 1. The zero-order chi connectivity index (χ0) is 13.3. The molecule has 1 aliphatic rings. The Morgan fingerprint density at radius 1 is 1.56 bits per heavy atom. The number of hydrogen-bond acceptors (Lipinski definition) is 4. The molecular weight excluding hydrogens is 256 g/mol. The molecule has 1 saturated heterocycles. The summed E-state index contributed by atoms with van der Waals surface area (Å²) in [5.41, 5.74) is 6.47. The summed E-state index contributed by atoms with van der Waals surface area (Å²) in [6, 6.07) is 2.86. The molecule has 0 radical (unpaired) electrons. The van der Waals surface area contributed by atoms with Crippen LogP contribution in [0.3, 0.4) is 0 Å². The summed E-state index contributed by atoms with van der Waals surface area (Å²) in [7, 11) is 0. The summed E-state index contributed by atoms with van der Waals surface area (Å²) >= 11 is 6.11. The third-order valence-corrected chi connectivity index (χ3v) is 3.48. The number of nitrogens with two attached hydrogens (primary N) is 1. The van der Waals surface area contributed by atoms with Crippen LogP contribution >= 0.6 is 11.6 Å². The highest BCUT2D eigenvalue weighted by Crippen LogP contribution is 2.36. The summed E-state index contributed by atoms with van der Waals surface area (Å²) in [5.74, 6) is -1.07. The number of rotatable bonds is 3. The molecule has 0 saturated carbocycles. The lowest BCUT2D eigenvalue weighted by Gasteiger charge is -2.27. The second-order valence-electron chi connectivity index (χ2n) is 4.38. The van der Waals surface area contributed by atoms with Crippen molar-refractivity contribution in [2.24, 2.45) is 0 Å². The van der Waals surface area contributed by atoms with Crippen molar-refractivity contribution in [1.29, 1.82) is 0 Å². The lowest BCUT2D eigenvalue weighted by Crippen LogP contribution is -2.33. The van der Waals surface area contributed by atoms with E-state index in [-0.39, 0.29) is 18.2 Å². The van der Waals surface area contributed by atoms with Crippen molar-refractivity contribution in [3.8, 4) is 0 Å². The molecule has 2 rings (SSSR count). The second kappa shape index (κ2) is 5.04. The standard InChI is InChI=1S/C12H15ClN2O3/c13-10-5-7(14)4-9(12(17)18)11(10)15-3-1-2-8(15)6-16/h4-5,8,16H,1-3,6,14H2,(H,17,18). The third kappa shape index (κ3) is 2.23. The summed E-state index contributed by atoms with van der Waals surface area (Å²) in [6.45, 7) is 0.676. The van der Waals surface area contributed by atoms with Crippen LogP contribution in [0, 0.1) is 0 Å². The molecule has 4 N–H and O–H groups in total. The van der Waals surface area contributed by atoms with Crippen molar-refractivity contribution in [2.75, 3.05) is 23.8 Å². The molecule has 1 aromatic carbocycles. The van der Waals surface area contributed by atoms with Gasteiger partial charge in [-0.3, -0.25) is 0 Å². The Hall–Kier alpha value is -1.46. The first-order valence-electron chi connectivity index (χ1n) is 5.74. The van der Waals surface area contributed by atoms with Gasteiger partial charge in [-0.05, 0) is 25.0 Å². The maximum atomic E-state index is 11.3. The number of carbonyl (C=O) groups is 1. The minimum Gasteiger partial charge on any atom is -0.478 e. The smallest absolute Gasteiger partial charge is 0.337 e. The van der Waals surface area contributed by atoms with E-state index in [1.54, 1.807) is 0 Å². The molecule has 1 unspecified atom stereocenters. The molecule has 0 amide bonds. The monoisotopic (exact) mass is 270 g/mol. The number of carboxylic acid groups (broad SMARTS) is 1. The molecule has 1 aliphatic heterocycles. The van der Waals surface area contributed by atoms with Crippen LogP contribution in [0.15, 0.2) is 12.1 Å². The minimum atomic E-state index is -1.07. The predicted octanol–water partition coefficient (Wildman–Crippen LogP) is 1.58. The minimum absolute atomic E-state index is 0.0141. The molecule has 98 valence electrons. The topological polar surface area (TPSA) is 86.8 Å². The van der Waals surface area contributed by atoms with Crippen LogP contribution in [0.5, 0.6) is 0 Å². The third-order valence-electron chi connectivity index (χ3n) is 3.19. The van der Waals surface area contributed by atoms with Crippen LogP contribution in [-0.2, 0) is 0 Å². The van der Waals surface area contributed by atoms with Crippen molar-refractivity contribution in [1.82, 2.24) is 0 Å². The number of halogens is 1. The van der Waals surface area contributed by atoms with E-state index in [0.29, 0.717) is 22.9 Å². The van der Waals surface area contributed by atoms with Crippen LogP contribution in [-0.4, -0.2) is 35.4 Å². The Bertz CT molecular complexity index is 479. The van der Waals surface area contributed by atoms with E-state index in [0.717, 1.165) is 12.8 Å². The highest BCUT2D eigenvalue weighted by Gasteiger charge is 2.29. The number of aromatic carboxylic acids is 1. The SMILES string of the molecule is Nc1cc(Cl)c(N2CCCC2CO)c(C(=O)O)c1. The van der Waals surface area contributed by atoms with Gasteiger partial charge in [-0.2, -0.15) is 0 Å². The number of carboxylic acids is 1. The fraction of sp³-hybridized carbons (Fsp3) is 0.417. The van der Waals surface area contributed by atoms with Gasteiger partial charge in [0.1, 0.15) is 0 Å². The molecule has 6 heteroatoms. The summed E-state index contributed by atoms with van der Waals surface area (Å²) < 4.78 is 0. The van der Waals surface area contributed by atoms with Crippen LogP contribution in [0.4, 0.5) is 11.4 Å². The van der Waals surface area contributed by atoms with Crippen LogP contribution < -0.4 is 10.6 Å². The summed E-state index contributed by atoms with van der Waals surface area (Å²) in [5, 5.41) is 18.9. The Morgan fingerprint density at radius 3 is 2.89 bits per heavy atom. The van der Waals surface area contributed by atoms with Gasteiger partial charge in [0.25, 0.3) is 0 Å². The molecule has 1 heterocycles. The molecular formula is C12H15ClN2O3. The number of aliphatic hydroxyl groups is 1. The first kappa shape index (κ1) is 13.0. The molecule has 0 aromatic heterocycles. The Labute approximate surface area is 110 Å². The molecule has 1 fully saturated rings. The van der Waals surface area contributed by atoms with E-state index in [1.807, 2.05) is 4.90 Å². The quantitative estimate of drug-likeness (QED) is 0.726. The zero-order valence-corrected chi connectivity index (χ0v) is 10.5.